The predicted molar refractivity (Wildman–Crippen MR) is 166 cm³/mol. The molecule has 0 aliphatic rings. The Labute approximate surface area is 263 Å². The van der Waals surface area contributed by atoms with Crippen LogP contribution in [0.15, 0.2) is 107 Å². The Morgan fingerprint density at radius 1 is 0.913 bits per heavy atom. The molecule has 0 unspecified atom stereocenters. The van der Waals surface area contributed by atoms with Crippen molar-refractivity contribution in [2.75, 3.05) is 29.9 Å². The van der Waals surface area contributed by atoms with Crippen molar-refractivity contribution in [1.82, 2.24) is 5.43 Å². The predicted octanol–water partition coefficient (Wildman–Crippen LogP) is 5.39. The fourth-order valence-corrected chi connectivity index (χ4v) is 5.48. The summed E-state index contributed by atoms with van der Waals surface area (Å²) < 4.78 is 78.4. The molecule has 0 saturated heterocycles. The number of hydrogen-bond donors (Lipinski definition) is 2. The van der Waals surface area contributed by atoms with Crippen LogP contribution in [0.5, 0.6) is 11.5 Å². The average Bonchev–Trinajstić information content (AvgIpc) is 3.03. The summed E-state index contributed by atoms with van der Waals surface area (Å²) >= 11 is 0. The number of carbonyl (C=O) groups is 2. The molecule has 0 bridgehead atoms. The minimum atomic E-state index is -4.73. The third-order valence-corrected chi connectivity index (χ3v) is 8.18. The summed E-state index contributed by atoms with van der Waals surface area (Å²) in [5.74, 6) is -0.413. The zero-order valence-electron chi connectivity index (χ0n) is 24.6. The molecule has 10 nitrogen and oxygen atoms in total. The van der Waals surface area contributed by atoms with Crippen molar-refractivity contribution >= 4 is 39.4 Å². The molecular weight excluding hydrogens is 625 g/mol. The molecule has 0 fully saturated rings. The molecule has 0 radical (unpaired) electrons. The number of nitrogens with zero attached hydrogens (tertiary/aromatic N) is 2. The molecule has 0 heterocycles. The number of benzene rings is 4. The van der Waals surface area contributed by atoms with Crippen LogP contribution in [-0.4, -0.2) is 46.7 Å². The highest BCUT2D eigenvalue weighted by Gasteiger charge is 2.33. The van der Waals surface area contributed by atoms with E-state index in [4.69, 9.17) is 9.47 Å². The van der Waals surface area contributed by atoms with Gasteiger partial charge in [-0.15, -0.1) is 0 Å². The van der Waals surface area contributed by atoms with Gasteiger partial charge in [0.15, 0.2) is 6.61 Å². The standard InChI is InChI=1S/C32H29F3N4O6S/c1-22-10-16-27(17-11-22)46(42,43)39(25-7-5-6-24(18-25)32(33,34)35)20-30(40)38-36-19-23-12-14-26(15-13-23)45-21-31(41)37-28-8-3-4-9-29(28)44-2/h3-19H,20-21H2,1-2H3,(H,37,41)(H,38,40)/b36-19-. The largest absolute Gasteiger partial charge is 0.495 e. The van der Waals surface area contributed by atoms with Gasteiger partial charge in [-0.1, -0.05) is 35.9 Å². The second kappa shape index (κ2) is 14.6. The molecule has 0 aliphatic heterocycles. The number of ether oxygens (including phenoxy) is 2. The Bertz CT molecular complexity index is 1810. The maximum Gasteiger partial charge on any atom is 0.416 e. The smallest absolute Gasteiger partial charge is 0.416 e. The third kappa shape index (κ3) is 8.85. The van der Waals surface area contributed by atoms with Gasteiger partial charge in [0.1, 0.15) is 18.0 Å². The number of nitrogens with one attached hydrogen (secondary N) is 2. The summed E-state index contributed by atoms with van der Waals surface area (Å²) in [5.41, 5.74) is 2.57. The lowest BCUT2D eigenvalue weighted by Gasteiger charge is -2.24. The van der Waals surface area contributed by atoms with E-state index in [-0.39, 0.29) is 17.2 Å². The fraction of sp³-hybridized carbons (Fsp3) is 0.156. The zero-order valence-corrected chi connectivity index (χ0v) is 25.4. The van der Waals surface area contributed by atoms with E-state index in [1.54, 1.807) is 55.5 Å². The third-order valence-electron chi connectivity index (χ3n) is 6.39. The number of carbonyl (C=O) groups excluding carboxylic acids is 2. The van der Waals surface area contributed by atoms with E-state index < -0.39 is 40.1 Å². The number of anilines is 2. The lowest BCUT2D eigenvalue weighted by atomic mass is 10.2. The summed E-state index contributed by atoms with van der Waals surface area (Å²) in [4.78, 5) is 24.8. The van der Waals surface area contributed by atoms with Crippen molar-refractivity contribution in [2.24, 2.45) is 5.10 Å². The van der Waals surface area contributed by atoms with Crippen molar-refractivity contribution in [3.8, 4) is 11.5 Å². The first-order valence-electron chi connectivity index (χ1n) is 13.6. The van der Waals surface area contributed by atoms with Crippen molar-refractivity contribution in [3.05, 3.63) is 114 Å². The van der Waals surface area contributed by atoms with E-state index in [1.807, 2.05) is 0 Å². The first-order valence-corrected chi connectivity index (χ1v) is 15.0. The van der Waals surface area contributed by atoms with Crippen LogP contribution in [0, 0.1) is 6.92 Å². The summed E-state index contributed by atoms with van der Waals surface area (Å²) in [6.45, 7) is 0.629. The minimum Gasteiger partial charge on any atom is -0.495 e. The number of para-hydroxylation sites is 2. The highest BCUT2D eigenvalue weighted by Crippen LogP contribution is 2.33. The van der Waals surface area contributed by atoms with Crippen LogP contribution >= 0.6 is 0 Å². The van der Waals surface area contributed by atoms with Crippen LogP contribution in [0.4, 0.5) is 24.5 Å². The number of rotatable bonds is 12. The number of hydrogen-bond acceptors (Lipinski definition) is 7. The van der Waals surface area contributed by atoms with Crippen LogP contribution in [-0.2, 0) is 25.8 Å². The summed E-state index contributed by atoms with van der Waals surface area (Å²) in [7, 11) is -2.95. The number of aryl methyl sites for hydroxylation is 1. The molecule has 0 atom stereocenters. The molecule has 0 spiro atoms. The normalized spacial score (nSPS) is 11.6. The number of hydrazone groups is 1. The van der Waals surface area contributed by atoms with E-state index >= 15 is 0 Å². The van der Waals surface area contributed by atoms with E-state index in [0.717, 1.165) is 17.7 Å². The van der Waals surface area contributed by atoms with E-state index in [1.165, 1.54) is 43.7 Å². The Balaban J connectivity index is 1.40. The Kier molecular flexibility index (Phi) is 10.6. The molecule has 14 heteroatoms. The molecule has 46 heavy (non-hydrogen) atoms. The quantitative estimate of drug-likeness (QED) is 0.156. The molecular formula is C32H29F3N4O6S. The van der Waals surface area contributed by atoms with Gasteiger partial charge in [0.05, 0.1) is 35.2 Å². The molecule has 0 aliphatic carbocycles. The Morgan fingerprint density at radius 3 is 2.28 bits per heavy atom. The molecule has 0 saturated carbocycles. The van der Waals surface area contributed by atoms with Gasteiger partial charge >= 0.3 is 6.18 Å². The fourth-order valence-electron chi connectivity index (χ4n) is 4.07. The van der Waals surface area contributed by atoms with E-state index in [9.17, 15) is 31.2 Å². The van der Waals surface area contributed by atoms with Crippen LogP contribution in [0.3, 0.4) is 0 Å². The molecule has 4 aromatic rings. The number of methoxy groups -OCH3 is 1. The van der Waals surface area contributed by atoms with Crippen molar-refractivity contribution in [2.45, 2.75) is 18.0 Å². The minimum absolute atomic E-state index is 0.202. The lowest BCUT2D eigenvalue weighted by molar-refractivity contribution is -0.137. The van der Waals surface area contributed by atoms with Gasteiger partial charge in [-0.05, 0) is 79.2 Å². The summed E-state index contributed by atoms with van der Waals surface area (Å²) in [6, 6.07) is 22.6. The molecule has 240 valence electrons. The number of sulfonamides is 1. The second-order valence-corrected chi connectivity index (χ2v) is 11.6. The Hall–Kier alpha value is -5.37. The van der Waals surface area contributed by atoms with Gasteiger partial charge in [0, 0.05) is 0 Å². The molecule has 2 amide bonds. The number of halogens is 3. The van der Waals surface area contributed by atoms with Crippen LogP contribution in [0.2, 0.25) is 0 Å². The molecule has 4 rings (SSSR count). The van der Waals surface area contributed by atoms with Crippen LogP contribution in [0.1, 0.15) is 16.7 Å². The van der Waals surface area contributed by atoms with Gasteiger partial charge < -0.3 is 14.8 Å². The highest BCUT2D eigenvalue weighted by molar-refractivity contribution is 7.92. The zero-order chi connectivity index (χ0) is 33.3. The van der Waals surface area contributed by atoms with Crippen molar-refractivity contribution in [1.29, 1.82) is 0 Å². The van der Waals surface area contributed by atoms with Crippen LogP contribution in [0.25, 0.3) is 0 Å². The van der Waals surface area contributed by atoms with Gasteiger partial charge in [-0.3, -0.25) is 13.9 Å². The van der Waals surface area contributed by atoms with Crippen molar-refractivity contribution < 1.29 is 40.7 Å². The number of amides is 2. The topological polar surface area (TPSA) is 126 Å². The maximum atomic E-state index is 13.5. The number of alkyl halides is 3. The lowest BCUT2D eigenvalue weighted by Crippen LogP contribution is -2.39. The summed E-state index contributed by atoms with van der Waals surface area (Å²) in [6.07, 6.45) is -3.45. The van der Waals surface area contributed by atoms with E-state index in [2.05, 4.69) is 15.8 Å². The van der Waals surface area contributed by atoms with Gasteiger partial charge in [-0.2, -0.15) is 18.3 Å². The average molecular weight is 655 g/mol. The summed E-state index contributed by atoms with van der Waals surface area (Å²) in [5, 5.41) is 6.53. The second-order valence-electron chi connectivity index (χ2n) is 9.77. The van der Waals surface area contributed by atoms with Gasteiger partial charge in [-0.25, -0.2) is 13.8 Å². The molecule has 0 aromatic heterocycles. The SMILES string of the molecule is COc1ccccc1NC(=O)COc1ccc(/C=N\NC(=O)CN(c2cccc(C(F)(F)F)c2)S(=O)(=O)c2ccc(C)cc2)cc1. The monoisotopic (exact) mass is 654 g/mol. The first kappa shape index (κ1) is 33.5. The van der Waals surface area contributed by atoms with Crippen LogP contribution < -0.4 is 24.5 Å². The van der Waals surface area contributed by atoms with Gasteiger partial charge in [0.25, 0.3) is 21.8 Å². The Morgan fingerprint density at radius 2 is 1.61 bits per heavy atom. The first-order chi connectivity index (χ1) is 21.9. The molecule has 2 N–H and O–H groups in total. The van der Waals surface area contributed by atoms with E-state index in [0.29, 0.717) is 33.1 Å². The van der Waals surface area contributed by atoms with Crippen molar-refractivity contribution in [3.63, 3.8) is 0 Å². The van der Waals surface area contributed by atoms with Gasteiger partial charge in [0.2, 0.25) is 0 Å². The maximum absolute atomic E-state index is 13.5. The highest BCUT2D eigenvalue weighted by atomic mass is 32.2. The molecule has 4 aromatic carbocycles.